The van der Waals surface area contributed by atoms with Crippen LogP contribution in [0.1, 0.15) is 71.6 Å². The molecule has 0 aromatic carbocycles. The van der Waals surface area contributed by atoms with Crippen LogP contribution < -0.4 is 0 Å². The van der Waals surface area contributed by atoms with Crippen LogP contribution in [0.5, 0.6) is 0 Å². The molecule has 0 radical (unpaired) electrons. The summed E-state index contributed by atoms with van der Waals surface area (Å²) in [5.74, 6) is 0.493. The lowest BCUT2D eigenvalue weighted by atomic mass is 10.1. The Labute approximate surface area is 100 Å². The van der Waals surface area contributed by atoms with Crippen LogP contribution in [0, 0.1) is 0 Å². The Balaban J connectivity index is 3.33. The molecule has 0 saturated carbocycles. The van der Waals surface area contributed by atoms with Crippen LogP contribution in [0.25, 0.3) is 0 Å². The minimum atomic E-state index is -0.140. The van der Waals surface area contributed by atoms with Crippen molar-refractivity contribution in [3.63, 3.8) is 0 Å². The molecule has 0 fully saturated rings. The van der Waals surface area contributed by atoms with Crippen LogP contribution in [0.15, 0.2) is 12.3 Å². The molecule has 0 N–H and O–H groups in total. The average molecular weight is 226 g/mol. The Morgan fingerprint density at radius 1 is 0.938 bits per heavy atom. The molecule has 0 spiro atoms. The van der Waals surface area contributed by atoms with Gasteiger partial charge in [0, 0.05) is 12.8 Å². The molecule has 0 aliphatic carbocycles. The van der Waals surface area contributed by atoms with Crippen LogP contribution in [0.2, 0.25) is 0 Å². The van der Waals surface area contributed by atoms with Gasteiger partial charge in [-0.15, -0.1) is 0 Å². The molecule has 0 saturated heterocycles. The third-order valence-electron chi connectivity index (χ3n) is 2.52. The van der Waals surface area contributed by atoms with Crippen LogP contribution in [-0.2, 0) is 9.53 Å². The van der Waals surface area contributed by atoms with E-state index in [1.54, 1.807) is 0 Å². The van der Waals surface area contributed by atoms with Gasteiger partial charge in [-0.05, 0) is 12.8 Å². The van der Waals surface area contributed by atoms with Gasteiger partial charge in [0.2, 0.25) is 0 Å². The topological polar surface area (TPSA) is 26.3 Å². The largest absolute Gasteiger partial charge is 0.432 e. The van der Waals surface area contributed by atoms with Gasteiger partial charge in [0.05, 0.1) is 0 Å². The molecule has 2 heteroatoms. The zero-order chi connectivity index (χ0) is 12.2. The average Bonchev–Trinajstić information content (AvgIpc) is 2.23. The van der Waals surface area contributed by atoms with Crippen LogP contribution in [0.3, 0.4) is 0 Å². The first-order valence-corrected chi connectivity index (χ1v) is 6.59. The third kappa shape index (κ3) is 9.75. The molecule has 0 aromatic rings. The number of hydrogen-bond donors (Lipinski definition) is 0. The van der Waals surface area contributed by atoms with E-state index < -0.39 is 0 Å². The number of carbonyl (C=O) groups is 1. The van der Waals surface area contributed by atoms with Crippen molar-refractivity contribution in [2.45, 2.75) is 71.6 Å². The molecule has 0 rings (SSSR count). The summed E-state index contributed by atoms with van der Waals surface area (Å²) in [5, 5.41) is 0. The lowest BCUT2D eigenvalue weighted by Crippen LogP contribution is -2.02. The molecule has 0 aromatic heterocycles. The molecule has 0 heterocycles. The molecule has 0 bridgehead atoms. The van der Waals surface area contributed by atoms with Crippen molar-refractivity contribution in [2.24, 2.45) is 0 Å². The normalized spacial score (nSPS) is 10.1. The molecule has 2 nitrogen and oxygen atoms in total. The van der Waals surface area contributed by atoms with E-state index in [-0.39, 0.29) is 5.97 Å². The van der Waals surface area contributed by atoms with Crippen LogP contribution in [-0.4, -0.2) is 5.97 Å². The zero-order valence-electron chi connectivity index (χ0n) is 10.9. The third-order valence-corrected chi connectivity index (χ3v) is 2.52. The summed E-state index contributed by atoms with van der Waals surface area (Å²) in [6, 6.07) is 0. The number of allylic oxidation sites excluding steroid dienone is 1. The van der Waals surface area contributed by atoms with Gasteiger partial charge in [0.1, 0.15) is 5.76 Å². The first-order chi connectivity index (χ1) is 7.70. The van der Waals surface area contributed by atoms with Crippen LogP contribution in [0.4, 0.5) is 0 Å². The fraction of sp³-hybridized carbons (Fsp3) is 0.786. The quantitative estimate of drug-likeness (QED) is 0.309. The Bertz CT molecular complexity index is 197. The second-order valence-electron chi connectivity index (χ2n) is 4.28. The highest BCUT2D eigenvalue weighted by Gasteiger charge is 2.03. The molecule has 0 atom stereocenters. The smallest absolute Gasteiger partial charge is 0.310 e. The van der Waals surface area contributed by atoms with Crippen molar-refractivity contribution >= 4 is 5.97 Å². The van der Waals surface area contributed by atoms with E-state index in [0.717, 1.165) is 19.3 Å². The molecule has 0 aliphatic rings. The van der Waals surface area contributed by atoms with E-state index in [1.165, 1.54) is 32.1 Å². The highest BCUT2D eigenvalue weighted by Crippen LogP contribution is 2.12. The van der Waals surface area contributed by atoms with E-state index in [2.05, 4.69) is 13.5 Å². The lowest BCUT2D eigenvalue weighted by Gasteiger charge is -2.06. The van der Waals surface area contributed by atoms with E-state index >= 15 is 0 Å². The molecular weight excluding hydrogens is 200 g/mol. The summed E-state index contributed by atoms with van der Waals surface area (Å²) in [7, 11) is 0. The first-order valence-electron chi connectivity index (χ1n) is 6.59. The molecular formula is C14H26O2. The number of carbonyl (C=O) groups excluding carboxylic acids is 1. The summed E-state index contributed by atoms with van der Waals surface area (Å²) >= 11 is 0. The molecule has 0 unspecified atom stereocenters. The Morgan fingerprint density at radius 2 is 1.56 bits per heavy atom. The van der Waals surface area contributed by atoms with Crippen LogP contribution >= 0.6 is 0 Å². The minimum Gasteiger partial charge on any atom is -0.432 e. The molecule has 0 amide bonds. The van der Waals surface area contributed by atoms with Gasteiger partial charge in [-0.1, -0.05) is 52.5 Å². The highest BCUT2D eigenvalue weighted by atomic mass is 16.5. The van der Waals surface area contributed by atoms with Crippen molar-refractivity contribution in [3.05, 3.63) is 12.3 Å². The molecule has 0 aliphatic heterocycles. The number of ether oxygens (including phenoxy) is 1. The van der Waals surface area contributed by atoms with Crippen molar-refractivity contribution in [1.29, 1.82) is 0 Å². The SMILES string of the molecule is C=C(CCCCCCCC)OC(=O)CCC. The minimum absolute atomic E-state index is 0.140. The van der Waals surface area contributed by atoms with Gasteiger partial charge < -0.3 is 4.74 Å². The number of esters is 1. The van der Waals surface area contributed by atoms with Gasteiger partial charge in [0.15, 0.2) is 0 Å². The number of unbranched alkanes of at least 4 members (excludes halogenated alkanes) is 5. The summed E-state index contributed by atoms with van der Waals surface area (Å²) in [4.78, 5) is 11.1. The predicted molar refractivity (Wildman–Crippen MR) is 68.1 cm³/mol. The van der Waals surface area contributed by atoms with Crippen molar-refractivity contribution in [1.82, 2.24) is 0 Å². The van der Waals surface area contributed by atoms with E-state index in [1.807, 2.05) is 6.92 Å². The standard InChI is InChI=1S/C14H26O2/c1-4-6-7-8-9-10-12-13(3)16-14(15)11-5-2/h3-12H2,1-2H3. The Kier molecular flexibility index (Phi) is 10.2. The summed E-state index contributed by atoms with van der Waals surface area (Å²) in [5.41, 5.74) is 0. The maximum Gasteiger partial charge on any atom is 0.310 e. The summed E-state index contributed by atoms with van der Waals surface area (Å²) < 4.78 is 5.09. The fourth-order valence-electron chi connectivity index (χ4n) is 1.57. The van der Waals surface area contributed by atoms with Gasteiger partial charge in [-0.3, -0.25) is 4.79 Å². The van der Waals surface area contributed by atoms with Gasteiger partial charge in [0.25, 0.3) is 0 Å². The van der Waals surface area contributed by atoms with Crippen molar-refractivity contribution in [2.75, 3.05) is 0 Å². The molecule has 16 heavy (non-hydrogen) atoms. The van der Waals surface area contributed by atoms with Gasteiger partial charge in [-0.25, -0.2) is 0 Å². The summed E-state index contributed by atoms with van der Waals surface area (Å²) in [6.45, 7) is 7.96. The van der Waals surface area contributed by atoms with E-state index in [9.17, 15) is 4.79 Å². The Morgan fingerprint density at radius 3 is 2.19 bits per heavy atom. The van der Waals surface area contributed by atoms with Gasteiger partial charge >= 0.3 is 5.97 Å². The molecule has 94 valence electrons. The Hall–Kier alpha value is -0.790. The maximum absolute atomic E-state index is 11.1. The lowest BCUT2D eigenvalue weighted by molar-refractivity contribution is -0.139. The monoisotopic (exact) mass is 226 g/mol. The maximum atomic E-state index is 11.1. The van der Waals surface area contributed by atoms with Crippen molar-refractivity contribution in [3.8, 4) is 0 Å². The van der Waals surface area contributed by atoms with Gasteiger partial charge in [-0.2, -0.15) is 0 Å². The number of rotatable bonds is 10. The number of hydrogen-bond acceptors (Lipinski definition) is 2. The first kappa shape index (κ1) is 15.2. The van der Waals surface area contributed by atoms with E-state index in [4.69, 9.17) is 4.74 Å². The second kappa shape index (κ2) is 10.7. The predicted octanol–water partition coefficient (Wildman–Crippen LogP) is 4.59. The van der Waals surface area contributed by atoms with E-state index in [0.29, 0.717) is 12.2 Å². The zero-order valence-corrected chi connectivity index (χ0v) is 10.9. The fourth-order valence-corrected chi connectivity index (χ4v) is 1.57. The highest BCUT2D eigenvalue weighted by molar-refractivity contribution is 5.70. The van der Waals surface area contributed by atoms with Crippen molar-refractivity contribution < 1.29 is 9.53 Å². The second-order valence-corrected chi connectivity index (χ2v) is 4.28. The summed E-state index contributed by atoms with van der Waals surface area (Å²) in [6.07, 6.45) is 9.66.